The van der Waals surface area contributed by atoms with Crippen LogP contribution in [0.15, 0.2) is 41.3 Å². The molecule has 0 aliphatic heterocycles. The molecule has 0 saturated heterocycles. The summed E-state index contributed by atoms with van der Waals surface area (Å²) in [7, 11) is -3.34. The lowest BCUT2D eigenvalue weighted by Crippen LogP contribution is -1.97. The van der Waals surface area contributed by atoms with E-state index in [9.17, 15) is 13.5 Å². The summed E-state index contributed by atoms with van der Waals surface area (Å²) in [5, 5.41) is 9.47. The summed E-state index contributed by atoms with van der Waals surface area (Å²) < 4.78 is 23.6. The molecule has 0 aliphatic carbocycles. The number of aromatic amines is 1. The van der Waals surface area contributed by atoms with E-state index in [0.29, 0.717) is 16.9 Å². The summed E-state index contributed by atoms with van der Waals surface area (Å²) in [6.45, 7) is 1.86. The van der Waals surface area contributed by atoms with E-state index >= 15 is 0 Å². The van der Waals surface area contributed by atoms with Gasteiger partial charge >= 0.3 is 0 Å². The first-order chi connectivity index (χ1) is 9.86. The number of phenolic OH excluding ortho intramolecular Hbond substituents is 1. The van der Waals surface area contributed by atoms with E-state index < -0.39 is 9.84 Å². The van der Waals surface area contributed by atoms with Gasteiger partial charge in [0.05, 0.1) is 10.4 Å². The van der Waals surface area contributed by atoms with Crippen LogP contribution in [0.5, 0.6) is 5.75 Å². The summed E-state index contributed by atoms with van der Waals surface area (Å²) in [5.74, 6) is 0.766. The zero-order valence-corrected chi connectivity index (χ0v) is 12.4. The summed E-state index contributed by atoms with van der Waals surface area (Å²) >= 11 is 0. The molecule has 0 radical (unpaired) electrons. The van der Waals surface area contributed by atoms with Crippen LogP contribution in [-0.2, 0) is 9.84 Å². The number of H-pyrrole nitrogens is 1. The lowest BCUT2D eigenvalue weighted by molar-refractivity contribution is 0.475. The van der Waals surface area contributed by atoms with Crippen LogP contribution in [0.1, 0.15) is 5.56 Å². The fourth-order valence-corrected chi connectivity index (χ4v) is 3.18. The van der Waals surface area contributed by atoms with Crippen molar-refractivity contribution in [2.75, 3.05) is 6.26 Å². The third kappa shape index (κ3) is 2.38. The first-order valence-corrected chi connectivity index (χ1v) is 8.24. The highest BCUT2D eigenvalue weighted by atomic mass is 32.2. The van der Waals surface area contributed by atoms with Gasteiger partial charge in [-0.15, -0.1) is 0 Å². The van der Waals surface area contributed by atoms with Crippen LogP contribution in [0.3, 0.4) is 0 Å². The quantitative estimate of drug-likeness (QED) is 0.762. The Balaban J connectivity index is 2.27. The van der Waals surface area contributed by atoms with E-state index in [-0.39, 0.29) is 10.6 Å². The molecule has 1 heterocycles. The lowest BCUT2D eigenvalue weighted by atomic mass is 10.1. The molecule has 0 saturated carbocycles. The van der Waals surface area contributed by atoms with Crippen molar-refractivity contribution >= 4 is 20.9 Å². The minimum Gasteiger partial charge on any atom is -0.508 e. The fraction of sp³-hybridized carbons (Fsp3) is 0.133. The largest absolute Gasteiger partial charge is 0.508 e. The Labute approximate surface area is 122 Å². The number of rotatable bonds is 2. The maximum atomic E-state index is 11.8. The van der Waals surface area contributed by atoms with E-state index in [2.05, 4.69) is 9.97 Å². The van der Waals surface area contributed by atoms with Gasteiger partial charge in [-0.05, 0) is 42.8 Å². The molecule has 0 unspecified atom stereocenters. The van der Waals surface area contributed by atoms with Crippen molar-refractivity contribution in [2.45, 2.75) is 11.8 Å². The third-order valence-electron chi connectivity index (χ3n) is 3.34. The number of benzene rings is 2. The molecule has 0 spiro atoms. The molecular weight excluding hydrogens is 288 g/mol. The van der Waals surface area contributed by atoms with Gasteiger partial charge in [0.15, 0.2) is 9.84 Å². The monoisotopic (exact) mass is 302 g/mol. The Morgan fingerprint density at radius 1 is 1.19 bits per heavy atom. The second kappa shape index (κ2) is 4.60. The molecule has 0 aliphatic rings. The maximum absolute atomic E-state index is 11.8. The molecule has 0 amide bonds. The van der Waals surface area contributed by atoms with Gasteiger partial charge in [-0.1, -0.05) is 6.07 Å². The van der Waals surface area contributed by atoms with Crippen molar-refractivity contribution in [1.29, 1.82) is 0 Å². The molecule has 2 N–H and O–H groups in total. The number of imidazole rings is 1. The number of para-hydroxylation sites is 1. The van der Waals surface area contributed by atoms with E-state index in [0.717, 1.165) is 11.1 Å². The number of aryl methyl sites for hydroxylation is 1. The second-order valence-corrected chi connectivity index (χ2v) is 6.99. The zero-order chi connectivity index (χ0) is 15.2. The van der Waals surface area contributed by atoms with E-state index in [4.69, 9.17) is 0 Å². The van der Waals surface area contributed by atoms with Crippen LogP contribution in [-0.4, -0.2) is 29.7 Å². The van der Waals surface area contributed by atoms with Gasteiger partial charge in [0.2, 0.25) is 0 Å². The predicted octanol–water partition coefficient (Wildman–Crippen LogP) is 2.65. The highest BCUT2D eigenvalue weighted by Gasteiger charge is 2.16. The average molecular weight is 302 g/mol. The first-order valence-electron chi connectivity index (χ1n) is 6.35. The van der Waals surface area contributed by atoms with Crippen LogP contribution in [0.2, 0.25) is 0 Å². The van der Waals surface area contributed by atoms with E-state index in [1.165, 1.54) is 6.26 Å². The first kappa shape index (κ1) is 13.6. The number of hydrogen-bond donors (Lipinski definition) is 2. The Bertz CT molecular complexity index is 943. The Morgan fingerprint density at radius 2 is 1.95 bits per heavy atom. The maximum Gasteiger partial charge on any atom is 0.177 e. The zero-order valence-electron chi connectivity index (χ0n) is 11.6. The molecule has 6 heteroatoms. The van der Waals surface area contributed by atoms with E-state index in [1.807, 2.05) is 6.92 Å². The van der Waals surface area contributed by atoms with Gasteiger partial charge in [0.1, 0.15) is 17.1 Å². The topological polar surface area (TPSA) is 83.1 Å². The number of aromatic nitrogens is 2. The van der Waals surface area contributed by atoms with Gasteiger partial charge in [0, 0.05) is 11.8 Å². The van der Waals surface area contributed by atoms with Crippen LogP contribution in [0.25, 0.3) is 22.4 Å². The highest BCUT2D eigenvalue weighted by Crippen LogP contribution is 2.28. The highest BCUT2D eigenvalue weighted by molar-refractivity contribution is 7.91. The van der Waals surface area contributed by atoms with Crippen molar-refractivity contribution in [3.63, 3.8) is 0 Å². The van der Waals surface area contributed by atoms with E-state index in [1.54, 1.807) is 36.4 Å². The Kier molecular flexibility index (Phi) is 2.98. The normalized spacial score (nSPS) is 11.9. The van der Waals surface area contributed by atoms with Crippen LogP contribution < -0.4 is 0 Å². The van der Waals surface area contributed by atoms with Gasteiger partial charge in [0.25, 0.3) is 0 Å². The number of hydrogen-bond acceptors (Lipinski definition) is 4. The SMILES string of the molecule is Cc1cc(O)ccc1-c1nc2c(S(C)(=O)=O)cccc2[nH]1. The lowest BCUT2D eigenvalue weighted by Gasteiger charge is -2.02. The van der Waals surface area contributed by atoms with Crippen molar-refractivity contribution in [2.24, 2.45) is 0 Å². The number of fused-ring (bicyclic) bond motifs is 1. The molecule has 21 heavy (non-hydrogen) atoms. The minimum atomic E-state index is -3.34. The number of nitrogens with zero attached hydrogens (tertiary/aromatic N) is 1. The Morgan fingerprint density at radius 3 is 2.62 bits per heavy atom. The minimum absolute atomic E-state index is 0.184. The number of phenols is 1. The second-order valence-electron chi connectivity index (χ2n) is 5.01. The van der Waals surface area contributed by atoms with Crippen molar-refractivity contribution in [3.8, 4) is 17.1 Å². The predicted molar refractivity (Wildman–Crippen MR) is 81.0 cm³/mol. The van der Waals surface area contributed by atoms with Gasteiger partial charge < -0.3 is 10.1 Å². The molecule has 108 valence electrons. The summed E-state index contributed by atoms with van der Waals surface area (Å²) in [6, 6.07) is 9.99. The Hall–Kier alpha value is -2.34. The molecule has 2 aromatic carbocycles. The average Bonchev–Trinajstić information content (AvgIpc) is 2.80. The summed E-state index contributed by atoms with van der Waals surface area (Å²) in [6.07, 6.45) is 1.17. The number of nitrogens with one attached hydrogen (secondary N) is 1. The van der Waals surface area contributed by atoms with Crippen LogP contribution >= 0.6 is 0 Å². The van der Waals surface area contributed by atoms with Crippen molar-refractivity contribution < 1.29 is 13.5 Å². The number of sulfone groups is 1. The number of aromatic hydroxyl groups is 1. The fourth-order valence-electron chi connectivity index (χ4n) is 2.35. The molecule has 0 fully saturated rings. The van der Waals surface area contributed by atoms with Gasteiger partial charge in [-0.2, -0.15) is 0 Å². The van der Waals surface area contributed by atoms with Crippen molar-refractivity contribution in [1.82, 2.24) is 9.97 Å². The molecular formula is C15H14N2O3S. The summed E-state index contributed by atoms with van der Waals surface area (Å²) in [5.41, 5.74) is 2.78. The van der Waals surface area contributed by atoms with Crippen LogP contribution in [0.4, 0.5) is 0 Å². The standard InChI is InChI=1S/C15H14N2O3S/c1-9-8-10(18)6-7-11(9)15-16-12-4-3-5-13(14(12)17-15)21(2,19)20/h3-8,18H,1-2H3,(H,16,17). The molecule has 1 aromatic heterocycles. The molecule has 0 bridgehead atoms. The van der Waals surface area contributed by atoms with Gasteiger partial charge in [-0.3, -0.25) is 0 Å². The molecule has 0 atom stereocenters. The smallest absolute Gasteiger partial charge is 0.177 e. The molecule has 3 rings (SSSR count). The third-order valence-corrected chi connectivity index (χ3v) is 4.47. The summed E-state index contributed by atoms with van der Waals surface area (Å²) in [4.78, 5) is 7.76. The van der Waals surface area contributed by atoms with Crippen LogP contribution in [0, 0.1) is 6.92 Å². The molecule has 3 aromatic rings. The molecule has 5 nitrogen and oxygen atoms in total. The van der Waals surface area contributed by atoms with Crippen molar-refractivity contribution in [3.05, 3.63) is 42.0 Å². The van der Waals surface area contributed by atoms with Gasteiger partial charge in [-0.25, -0.2) is 13.4 Å².